The predicted octanol–water partition coefficient (Wildman–Crippen LogP) is 2.60. The number of rotatable bonds is 6. The molecule has 6 heteroatoms. The maximum atomic E-state index is 12.3. The van der Waals surface area contributed by atoms with Crippen molar-refractivity contribution in [1.29, 1.82) is 0 Å². The van der Waals surface area contributed by atoms with Crippen molar-refractivity contribution in [2.75, 3.05) is 0 Å². The van der Waals surface area contributed by atoms with E-state index in [4.69, 9.17) is 5.73 Å². The van der Waals surface area contributed by atoms with E-state index in [1.165, 1.54) is 24.3 Å². The fourth-order valence-electron chi connectivity index (χ4n) is 1.91. The number of nitrogens with two attached hydrogens (primary N) is 1. The standard InChI is InChI=1S/C13H19F2NO2S/c1-9(2)7-11(16)8-10-3-5-12(6-4-10)19(17,18)13(14)15/h3-6,9,11,13H,7-8,16H2,1-2H3. The maximum Gasteiger partial charge on any atom is 0.341 e. The molecule has 0 saturated heterocycles. The van der Waals surface area contributed by atoms with Crippen molar-refractivity contribution in [2.45, 2.75) is 43.4 Å². The number of benzene rings is 1. The lowest BCUT2D eigenvalue weighted by Crippen LogP contribution is -2.24. The fourth-order valence-corrected chi connectivity index (χ4v) is 2.63. The van der Waals surface area contributed by atoms with Gasteiger partial charge in [-0.1, -0.05) is 26.0 Å². The quantitative estimate of drug-likeness (QED) is 0.876. The Kier molecular flexibility index (Phi) is 5.43. The third-order valence-corrected chi connectivity index (χ3v) is 4.16. The van der Waals surface area contributed by atoms with E-state index in [9.17, 15) is 17.2 Å². The number of alkyl halides is 2. The molecule has 0 radical (unpaired) electrons. The Morgan fingerprint density at radius 2 is 1.68 bits per heavy atom. The van der Waals surface area contributed by atoms with Gasteiger partial charge in [0, 0.05) is 6.04 Å². The molecule has 0 amide bonds. The molecule has 0 aliphatic heterocycles. The van der Waals surface area contributed by atoms with Gasteiger partial charge in [0.15, 0.2) is 0 Å². The minimum Gasteiger partial charge on any atom is -0.327 e. The Balaban J connectivity index is 2.78. The van der Waals surface area contributed by atoms with Crippen molar-refractivity contribution in [3.8, 4) is 0 Å². The van der Waals surface area contributed by atoms with Gasteiger partial charge >= 0.3 is 5.76 Å². The molecule has 0 aliphatic rings. The third kappa shape index (κ3) is 4.54. The van der Waals surface area contributed by atoms with Crippen molar-refractivity contribution in [3.05, 3.63) is 29.8 Å². The Labute approximate surface area is 112 Å². The zero-order valence-electron chi connectivity index (χ0n) is 11.0. The molecule has 0 bridgehead atoms. The zero-order chi connectivity index (χ0) is 14.6. The van der Waals surface area contributed by atoms with Crippen molar-refractivity contribution < 1.29 is 17.2 Å². The van der Waals surface area contributed by atoms with E-state index in [1.54, 1.807) is 0 Å². The third-order valence-electron chi connectivity index (χ3n) is 2.76. The van der Waals surface area contributed by atoms with Crippen LogP contribution in [0, 0.1) is 5.92 Å². The summed E-state index contributed by atoms with van der Waals surface area (Å²) in [6.45, 7) is 4.14. The van der Waals surface area contributed by atoms with Crippen LogP contribution in [0.1, 0.15) is 25.8 Å². The highest BCUT2D eigenvalue weighted by Gasteiger charge is 2.26. The average Bonchev–Trinajstić information content (AvgIpc) is 2.28. The summed E-state index contributed by atoms with van der Waals surface area (Å²) in [6.07, 6.45) is 1.46. The topological polar surface area (TPSA) is 60.2 Å². The lowest BCUT2D eigenvalue weighted by molar-refractivity contribution is 0.234. The van der Waals surface area contributed by atoms with Gasteiger partial charge in [-0.15, -0.1) is 0 Å². The van der Waals surface area contributed by atoms with Crippen LogP contribution in [0.4, 0.5) is 8.78 Å². The van der Waals surface area contributed by atoms with Crippen molar-refractivity contribution >= 4 is 9.84 Å². The molecule has 1 aromatic carbocycles. The molecule has 0 aliphatic carbocycles. The Bertz CT molecular complexity index is 498. The number of hydrogen-bond donors (Lipinski definition) is 1. The van der Waals surface area contributed by atoms with Crippen LogP contribution in [-0.4, -0.2) is 20.2 Å². The Morgan fingerprint density at radius 1 is 1.16 bits per heavy atom. The van der Waals surface area contributed by atoms with Gasteiger partial charge in [0.05, 0.1) is 4.90 Å². The van der Waals surface area contributed by atoms with E-state index >= 15 is 0 Å². The first-order valence-electron chi connectivity index (χ1n) is 6.10. The molecule has 3 nitrogen and oxygen atoms in total. The summed E-state index contributed by atoms with van der Waals surface area (Å²) in [5.41, 5.74) is 6.79. The first-order valence-corrected chi connectivity index (χ1v) is 7.64. The fraction of sp³-hybridized carbons (Fsp3) is 0.538. The van der Waals surface area contributed by atoms with E-state index in [0.29, 0.717) is 12.3 Å². The minimum absolute atomic E-state index is 0.0162. The highest BCUT2D eigenvalue weighted by molar-refractivity contribution is 7.91. The molecule has 1 rings (SSSR count). The van der Waals surface area contributed by atoms with E-state index < -0.39 is 15.6 Å². The molecule has 2 N–H and O–H groups in total. The van der Waals surface area contributed by atoms with Gasteiger partial charge in [0.1, 0.15) is 0 Å². The largest absolute Gasteiger partial charge is 0.341 e. The normalized spacial score (nSPS) is 14.1. The SMILES string of the molecule is CC(C)CC(N)Cc1ccc(S(=O)(=O)C(F)F)cc1. The first-order chi connectivity index (χ1) is 8.73. The second-order valence-corrected chi connectivity index (χ2v) is 6.96. The molecule has 1 aromatic rings. The van der Waals surface area contributed by atoms with Gasteiger partial charge < -0.3 is 5.73 Å². The van der Waals surface area contributed by atoms with Crippen LogP contribution in [-0.2, 0) is 16.3 Å². The van der Waals surface area contributed by atoms with E-state index in [1.807, 2.05) is 0 Å². The van der Waals surface area contributed by atoms with Crippen LogP contribution >= 0.6 is 0 Å². The smallest absolute Gasteiger partial charge is 0.327 e. The lowest BCUT2D eigenvalue weighted by Gasteiger charge is -2.14. The maximum absolute atomic E-state index is 12.3. The number of hydrogen-bond acceptors (Lipinski definition) is 3. The van der Waals surface area contributed by atoms with Crippen LogP contribution in [0.5, 0.6) is 0 Å². The average molecular weight is 291 g/mol. The molecule has 1 unspecified atom stereocenters. The van der Waals surface area contributed by atoms with Gasteiger partial charge in [0.2, 0.25) is 9.84 Å². The molecule has 0 heterocycles. The Morgan fingerprint density at radius 3 is 2.11 bits per heavy atom. The predicted molar refractivity (Wildman–Crippen MR) is 70.8 cm³/mol. The van der Waals surface area contributed by atoms with Gasteiger partial charge in [-0.25, -0.2) is 8.42 Å². The highest BCUT2D eigenvalue weighted by Crippen LogP contribution is 2.19. The second kappa shape index (κ2) is 6.43. The number of halogens is 2. The van der Waals surface area contributed by atoms with Crippen molar-refractivity contribution in [3.63, 3.8) is 0 Å². The monoisotopic (exact) mass is 291 g/mol. The minimum atomic E-state index is -4.51. The second-order valence-electron chi connectivity index (χ2n) is 5.04. The summed E-state index contributed by atoms with van der Waals surface area (Å²) in [4.78, 5) is -0.358. The summed E-state index contributed by atoms with van der Waals surface area (Å²) in [7, 11) is -4.51. The van der Waals surface area contributed by atoms with Crippen molar-refractivity contribution in [2.24, 2.45) is 11.7 Å². The van der Waals surface area contributed by atoms with Gasteiger partial charge in [-0.3, -0.25) is 0 Å². The summed E-state index contributed by atoms with van der Waals surface area (Å²) in [5, 5.41) is 0. The van der Waals surface area contributed by atoms with Crippen LogP contribution in [0.25, 0.3) is 0 Å². The molecule has 108 valence electrons. The van der Waals surface area contributed by atoms with Crippen molar-refractivity contribution in [1.82, 2.24) is 0 Å². The molecule has 0 saturated carbocycles. The van der Waals surface area contributed by atoms with E-state index in [-0.39, 0.29) is 10.9 Å². The summed E-state index contributed by atoms with van der Waals surface area (Å²) in [6, 6.07) is 5.47. The van der Waals surface area contributed by atoms with E-state index in [2.05, 4.69) is 13.8 Å². The van der Waals surface area contributed by atoms with Crippen LogP contribution in [0.2, 0.25) is 0 Å². The van der Waals surface area contributed by atoms with Crippen LogP contribution < -0.4 is 5.73 Å². The zero-order valence-corrected chi connectivity index (χ0v) is 11.8. The molecule has 1 atom stereocenters. The summed E-state index contributed by atoms with van der Waals surface area (Å²) in [5.74, 6) is -2.91. The molecule has 0 spiro atoms. The van der Waals surface area contributed by atoms with Gasteiger partial charge in [-0.05, 0) is 36.5 Å². The number of sulfone groups is 1. The van der Waals surface area contributed by atoms with Gasteiger partial charge in [0.25, 0.3) is 0 Å². The molecular formula is C13H19F2NO2S. The molecule has 0 aromatic heterocycles. The first kappa shape index (κ1) is 16.0. The van der Waals surface area contributed by atoms with Crippen LogP contribution in [0.15, 0.2) is 29.2 Å². The molecular weight excluding hydrogens is 272 g/mol. The Hall–Kier alpha value is -1.01. The lowest BCUT2D eigenvalue weighted by atomic mass is 9.98. The van der Waals surface area contributed by atoms with Gasteiger partial charge in [-0.2, -0.15) is 8.78 Å². The highest BCUT2D eigenvalue weighted by atomic mass is 32.2. The summed E-state index contributed by atoms with van der Waals surface area (Å²) < 4.78 is 47.2. The van der Waals surface area contributed by atoms with Crippen LogP contribution in [0.3, 0.4) is 0 Å². The molecule has 19 heavy (non-hydrogen) atoms. The summed E-state index contributed by atoms with van der Waals surface area (Å²) >= 11 is 0. The molecule has 0 fully saturated rings. The van der Waals surface area contributed by atoms with E-state index in [0.717, 1.165) is 12.0 Å².